The van der Waals surface area contributed by atoms with E-state index < -0.39 is 0 Å². The number of hydrogen-bond donors (Lipinski definition) is 2. The average molecular weight is 336 g/mol. The Bertz CT molecular complexity index is 869. The van der Waals surface area contributed by atoms with Gasteiger partial charge in [-0.3, -0.25) is 0 Å². The van der Waals surface area contributed by atoms with Crippen molar-refractivity contribution in [1.29, 1.82) is 0 Å². The van der Waals surface area contributed by atoms with Gasteiger partial charge in [0.15, 0.2) is 0 Å². The van der Waals surface area contributed by atoms with Gasteiger partial charge >= 0.3 is 6.03 Å². The molecular formula is C19H20N4O2. The molecule has 0 atom stereocenters. The second kappa shape index (κ2) is 7.17. The topological polar surface area (TPSA) is 80.0 Å². The number of benzene rings is 2. The summed E-state index contributed by atoms with van der Waals surface area (Å²) in [5.74, 6) is 1.45. The van der Waals surface area contributed by atoms with E-state index in [1.807, 2.05) is 36.4 Å². The van der Waals surface area contributed by atoms with Crippen LogP contribution in [-0.4, -0.2) is 16.2 Å². The van der Waals surface area contributed by atoms with E-state index in [4.69, 9.17) is 4.52 Å². The molecule has 6 heteroatoms. The number of aryl methyl sites for hydroxylation is 1. The van der Waals surface area contributed by atoms with Crippen LogP contribution in [-0.2, 0) is 0 Å². The molecule has 0 radical (unpaired) electrons. The Morgan fingerprint density at radius 3 is 2.40 bits per heavy atom. The standard InChI is InChI=1S/C19H20N4O2/c1-12(2)14-7-9-16(10-8-14)21-19(24)22-17-6-4-5-15(11-17)18-20-13(3)25-23-18/h4-12H,1-3H3,(H2,21,22,24). The summed E-state index contributed by atoms with van der Waals surface area (Å²) in [6.07, 6.45) is 0. The highest BCUT2D eigenvalue weighted by Crippen LogP contribution is 2.21. The second-order valence-corrected chi connectivity index (χ2v) is 6.07. The van der Waals surface area contributed by atoms with Crippen LogP contribution < -0.4 is 10.6 Å². The molecule has 3 aromatic rings. The van der Waals surface area contributed by atoms with E-state index in [-0.39, 0.29) is 6.03 Å². The maximum atomic E-state index is 12.2. The summed E-state index contributed by atoms with van der Waals surface area (Å²) < 4.78 is 4.98. The van der Waals surface area contributed by atoms with Crippen LogP contribution in [0.3, 0.4) is 0 Å². The fraction of sp³-hybridized carbons (Fsp3) is 0.211. The number of nitrogens with zero attached hydrogens (tertiary/aromatic N) is 2. The first-order chi connectivity index (χ1) is 12.0. The van der Waals surface area contributed by atoms with E-state index in [0.29, 0.717) is 23.3 Å². The molecule has 3 rings (SSSR count). The maximum Gasteiger partial charge on any atom is 0.323 e. The quantitative estimate of drug-likeness (QED) is 0.716. The molecule has 2 N–H and O–H groups in total. The number of aromatic nitrogens is 2. The number of carbonyl (C=O) groups excluding carboxylic acids is 1. The highest BCUT2D eigenvalue weighted by atomic mass is 16.5. The maximum absolute atomic E-state index is 12.2. The minimum absolute atomic E-state index is 0.307. The normalized spacial score (nSPS) is 10.7. The molecule has 0 spiro atoms. The molecule has 2 aromatic carbocycles. The minimum atomic E-state index is -0.307. The van der Waals surface area contributed by atoms with Crippen LogP contribution in [0.4, 0.5) is 16.2 Å². The van der Waals surface area contributed by atoms with Crippen molar-refractivity contribution in [3.8, 4) is 11.4 Å². The summed E-state index contributed by atoms with van der Waals surface area (Å²) in [6, 6.07) is 14.8. The van der Waals surface area contributed by atoms with Gasteiger partial charge in [-0.25, -0.2) is 4.79 Å². The van der Waals surface area contributed by atoms with Gasteiger partial charge in [0.05, 0.1) is 0 Å². The lowest BCUT2D eigenvalue weighted by molar-refractivity contribution is 0.262. The predicted molar refractivity (Wildman–Crippen MR) is 97.6 cm³/mol. The summed E-state index contributed by atoms with van der Waals surface area (Å²) in [7, 11) is 0. The van der Waals surface area contributed by atoms with Crippen molar-refractivity contribution in [3.05, 3.63) is 60.0 Å². The van der Waals surface area contributed by atoms with E-state index in [2.05, 4.69) is 34.6 Å². The molecule has 0 aliphatic carbocycles. The number of anilines is 2. The molecular weight excluding hydrogens is 316 g/mol. The van der Waals surface area contributed by atoms with Gasteiger partial charge in [0.25, 0.3) is 0 Å². The summed E-state index contributed by atoms with van der Waals surface area (Å²) in [5, 5.41) is 9.51. The lowest BCUT2D eigenvalue weighted by Gasteiger charge is -2.10. The van der Waals surface area contributed by atoms with Crippen LogP contribution in [0.1, 0.15) is 31.2 Å². The molecule has 128 valence electrons. The van der Waals surface area contributed by atoms with Gasteiger partial charge in [0.2, 0.25) is 11.7 Å². The van der Waals surface area contributed by atoms with Crippen molar-refractivity contribution in [2.45, 2.75) is 26.7 Å². The SMILES string of the molecule is Cc1nc(-c2cccc(NC(=O)Nc3ccc(C(C)C)cc3)c2)no1. The Morgan fingerprint density at radius 2 is 1.76 bits per heavy atom. The number of rotatable bonds is 4. The van der Waals surface area contributed by atoms with Crippen molar-refractivity contribution in [3.63, 3.8) is 0 Å². The van der Waals surface area contributed by atoms with Crippen LogP contribution in [0.25, 0.3) is 11.4 Å². The fourth-order valence-corrected chi connectivity index (χ4v) is 2.40. The Kier molecular flexibility index (Phi) is 4.79. The zero-order valence-electron chi connectivity index (χ0n) is 14.4. The first kappa shape index (κ1) is 16.7. The lowest BCUT2D eigenvalue weighted by Crippen LogP contribution is -2.19. The highest BCUT2D eigenvalue weighted by Gasteiger charge is 2.08. The molecule has 0 aliphatic rings. The third-order valence-electron chi connectivity index (χ3n) is 3.74. The van der Waals surface area contributed by atoms with E-state index in [9.17, 15) is 4.79 Å². The molecule has 6 nitrogen and oxygen atoms in total. The van der Waals surface area contributed by atoms with Crippen molar-refractivity contribution >= 4 is 17.4 Å². The Morgan fingerprint density at radius 1 is 1.04 bits per heavy atom. The van der Waals surface area contributed by atoms with Crippen molar-refractivity contribution in [2.75, 3.05) is 10.6 Å². The predicted octanol–water partition coefficient (Wildman–Crippen LogP) is 4.81. The zero-order chi connectivity index (χ0) is 17.8. The number of urea groups is 1. The molecule has 25 heavy (non-hydrogen) atoms. The number of hydrogen-bond acceptors (Lipinski definition) is 4. The van der Waals surface area contributed by atoms with Crippen molar-refractivity contribution in [1.82, 2.24) is 10.1 Å². The molecule has 0 aliphatic heterocycles. The smallest absolute Gasteiger partial charge is 0.323 e. The van der Waals surface area contributed by atoms with Crippen molar-refractivity contribution < 1.29 is 9.32 Å². The largest absolute Gasteiger partial charge is 0.339 e. The third kappa shape index (κ3) is 4.23. The molecule has 0 bridgehead atoms. The minimum Gasteiger partial charge on any atom is -0.339 e. The molecule has 0 unspecified atom stereocenters. The number of nitrogens with one attached hydrogen (secondary N) is 2. The lowest BCUT2D eigenvalue weighted by atomic mass is 10.0. The zero-order valence-corrected chi connectivity index (χ0v) is 14.4. The Hall–Kier alpha value is -3.15. The molecule has 0 saturated carbocycles. The summed E-state index contributed by atoms with van der Waals surface area (Å²) in [6.45, 7) is 6.00. The van der Waals surface area contributed by atoms with Crippen LogP contribution in [0.5, 0.6) is 0 Å². The van der Waals surface area contributed by atoms with Gasteiger partial charge in [0, 0.05) is 23.9 Å². The van der Waals surface area contributed by atoms with Gasteiger partial charge < -0.3 is 15.2 Å². The first-order valence-electron chi connectivity index (χ1n) is 8.10. The first-order valence-corrected chi connectivity index (χ1v) is 8.10. The van der Waals surface area contributed by atoms with Gasteiger partial charge in [-0.15, -0.1) is 0 Å². The highest BCUT2D eigenvalue weighted by molar-refractivity contribution is 6.00. The van der Waals surface area contributed by atoms with Crippen LogP contribution in [0.2, 0.25) is 0 Å². The summed E-state index contributed by atoms with van der Waals surface area (Å²) in [5.41, 5.74) is 3.40. The molecule has 1 heterocycles. The second-order valence-electron chi connectivity index (χ2n) is 6.07. The molecule has 0 fully saturated rings. The van der Waals surface area contributed by atoms with Crippen LogP contribution in [0.15, 0.2) is 53.1 Å². The van der Waals surface area contributed by atoms with Crippen molar-refractivity contribution in [2.24, 2.45) is 0 Å². The Balaban J connectivity index is 1.66. The van der Waals surface area contributed by atoms with E-state index in [1.165, 1.54) is 5.56 Å². The summed E-state index contributed by atoms with van der Waals surface area (Å²) >= 11 is 0. The Labute approximate surface area is 146 Å². The van der Waals surface area contributed by atoms with Gasteiger partial charge in [-0.2, -0.15) is 4.98 Å². The van der Waals surface area contributed by atoms with Crippen LogP contribution in [0, 0.1) is 6.92 Å². The number of carbonyl (C=O) groups is 1. The third-order valence-corrected chi connectivity index (χ3v) is 3.74. The van der Waals surface area contributed by atoms with Gasteiger partial charge in [0.1, 0.15) is 0 Å². The molecule has 1 aromatic heterocycles. The molecule has 2 amide bonds. The average Bonchev–Trinajstić information content (AvgIpc) is 3.02. The van der Waals surface area contributed by atoms with Gasteiger partial charge in [-0.1, -0.05) is 43.3 Å². The monoisotopic (exact) mass is 336 g/mol. The molecule has 0 saturated heterocycles. The number of amides is 2. The van der Waals surface area contributed by atoms with E-state index in [0.717, 1.165) is 11.3 Å². The fourth-order valence-electron chi connectivity index (χ4n) is 2.40. The van der Waals surface area contributed by atoms with E-state index >= 15 is 0 Å². The summed E-state index contributed by atoms with van der Waals surface area (Å²) in [4.78, 5) is 16.4. The van der Waals surface area contributed by atoms with Crippen LogP contribution >= 0.6 is 0 Å². The van der Waals surface area contributed by atoms with E-state index in [1.54, 1.807) is 19.1 Å². The van der Waals surface area contributed by atoms with Gasteiger partial charge in [-0.05, 0) is 35.7 Å².